The summed E-state index contributed by atoms with van der Waals surface area (Å²) in [5, 5.41) is 0. The topological polar surface area (TPSA) is 6.48 Å². The molecule has 1 heterocycles. The number of nitrogens with zero attached hydrogens (tertiary/aromatic N) is 2. The Hall–Kier alpha value is -0.730. The van der Waals surface area contributed by atoms with Gasteiger partial charge in [-0.15, -0.1) is 0 Å². The van der Waals surface area contributed by atoms with Gasteiger partial charge in [0, 0.05) is 26.0 Å². The predicted octanol–water partition coefficient (Wildman–Crippen LogP) is 1.61. The van der Waals surface area contributed by atoms with E-state index < -0.39 is 6.42 Å². The standard InChI is InChI=1S/C8H15FN2/c1-7(2)6-11-5-4-10(3)8(11)9/h4-5,7-8H,6H2,1-3H3. The van der Waals surface area contributed by atoms with Crippen molar-refractivity contribution in [1.82, 2.24) is 9.80 Å². The lowest BCUT2D eigenvalue weighted by atomic mass is 10.2. The van der Waals surface area contributed by atoms with Crippen LogP contribution in [0, 0.1) is 5.92 Å². The summed E-state index contributed by atoms with van der Waals surface area (Å²) >= 11 is 0. The zero-order chi connectivity index (χ0) is 8.43. The Bertz CT molecular complexity index is 156. The minimum atomic E-state index is -0.961. The van der Waals surface area contributed by atoms with Crippen LogP contribution >= 0.6 is 0 Å². The molecule has 0 bridgehead atoms. The normalized spacial score (nSPS) is 23.9. The lowest BCUT2D eigenvalue weighted by Gasteiger charge is -2.24. The molecule has 2 nitrogen and oxygen atoms in total. The highest BCUT2D eigenvalue weighted by atomic mass is 19.1. The van der Waals surface area contributed by atoms with E-state index in [1.165, 1.54) is 0 Å². The van der Waals surface area contributed by atoms with Crippen molar-refractivity contribution in [2.75, 3.05) is 13.6 Å². The number of hydrogen-bond acceptors (Lipinski definition) is 2. The predicted molar refractivity (Wildman–Crippen MR) is 43.3 cm³/mol. The minimum Gasteiger partial charge on any atom is -0.333 e. The van der Waals surface area contributed by atoms with Gasteiger partial charge in [0.25, 0.3) is 0 Å². The Morgan fingerprint density at radius 3 is 2.45 bits per heavy atom. The fourth-order valence-corrected chi connectivity index (χ4v) is 1.14. The molecule has 64 valence electrons. The molecule has 0 saturated carbocycles. The molecule has 1 aliphatic heterocycles. The summed E-state index contributed by atoms with van der Waals surface area (Å²) in [5.74, 6) is 0.504. The van der Waals surface area contributed by atoms with Gasteiger partial charge in [-0.25, -0.2) is 0 Å². The van der Waals surface area contributed by atoms with Crippen molar-refractivity contribution in [3.63, 3.8) is 0 Å². The fourth-order valence-electron chi connectivity index (χ4n) is 1.14. The number of halogens is 1. The Morgan fingerprint density at radius 1 is 1.45 bits per heavy atom. The summed E-state index contributed by atoms with van der Waals surface area (Å²) in [6, 6.07) is 0. The van der Waals surface area contributed by atoms with Crippen LogP contribution in [-0.2, 0) is 0 Å². The van der Waals surface area contributed by atoms with Crippen LogP contribution in [0.1, 0.15) is 13.8 Å². The molecule has 0 aliphatic carbocycles. The van der Waals surface area contributed by atoms with Crippen molar-refractivity contribution in [1.29, 1.82) is 0 Å². The van der Waals surface area contributed by atoms with Crippen LogP contribution in [0.15, 0.2) is 12.4 Å². The van der Waals surface area contributed by atoms with Crippen LogP contribution in [0.2, 0.25) is 0 Å². The molecule has 3 heteroatoms. The third-order valence-electron chi connectivity index (χ3n) is 1.68. The first-order valence-electron chi connectivity index (χ1n) is 3.91. The molecule has 0 saturated heterocycles. The molecule has 1 rings (SSSR count). The Balaban J connectivity index is 2.43. The van der Waals surface area contributed by atoms with Gasteiger partial charge in [-0.05, 0) is 5.92 Å². The summed E-state index contributed by atoms with van der Waals surface area (Å²) in [6.45, 7) is 4.94. The molecule has 11 heavy (non-hydrogen) atoms. The number of rotatable bonds is 2. The molecule has 0 N–H and O–H groups in total. The van der Waals surface area contributed by atoms with Gasteiger partial charge in [0.1, 0.15) is 0 Å². The Morgan fingerprint density at radius 2 is 2.09 bits per heavy atom. The van der Waals surface area contributed by atoms with Crippen LogP contribution in [0.5, 0.6) is 0 Å². The van der Waals surface area contributed by atoms with Gasteiger partial charge in [0.2, 0.25) is 6.42 Å². The van der Waals surface area contributed by atoms with E-state index in [1.807, 2.05) is 0 Å². The minimum absolute atomic E-state index is 0.504. The first-order chi connectivity index (χ1) is 5.11. The van der Waals surface area contributed by atoms with Crippen molar-refractivity contribution < 1.29 is 4.39 Å². The summed E-state index contributed by atoms with van der Waals surface area (Å²) in [4.78, 5) is 3.26. The van der Waals surface area contributed by atoms with E-state index in [1.54, 1.807) is 29.2 Å². The maximum Gasteiger partial charge on any atom is 0.248 e. The van der Waals surface area contributed by atoms with Crippen molar-refractivity contribution >= 4 is 0 Å². The van der Waals surface area contributed by atoms with E-state index in [4.69, 9.17) is 0 Å². The second kappa shape index (κ2) is 3.11. The highest BCUT2D eigenvalue weighted by molar-refractivity contribution is 4.91. The van der Waals surface area contributed by atoms with Crippen molar-refractivity contribution in [2.24, 2.45) is 5.92 Å². The smallest absolute Gasteiger partial charge is 0.248 e. The summed E-state index contributed by atoms with van der Waals surface area (Å²) in [6.07, 6.45) is 2.59. The van der Waals surface area contributed by atoms with Gasteiger partial charge in [-0.1, -0.05) is 13.8 Å². The average molecular weight is 158 g/mol. The van der Waals surface area contributed by atoms with E-state index in [0.29, 0.717) is 5.92 Å². The molecule has 0 spiro atoms. The van der Waals surface area contributed by atoms with Gasteiger partial charge in [-0.2, -0.15) is 4.39 Å². The third kappa shape index (κ3) is 1.85. The molecular weight excluding hydrogens is 143 g/mol. The first kappa shape index (κ1) is 8.37. The Labute approximate surface area is 67.3 Å². The number of alkyl halides is 1. The first-order valence-corrected chi connectivity index (χ1v) is 3.91. The SMILES string of the molecule is CC(C)CN1C=CN(C)C1F. The molecule has 1 atom stereocenters. The maximum atomic E-state index is 13.1. The van der Waals surface area contributed by atoms with Crippen molar-refractivity contribution in [3.05, 3.63) is 12.4 Å². The second-order valence-corrected chi connectivity index (χ2v) is 3.36. The van der Waals surface area contributed by atoms with Gasteiger partial charge >= 0.3 is 0 Å². The lowest BCUT2D eigenvalue weighted by Crippen LogP contribution is -2.34. The maximum absolute atomic E-state index is 13.1. The van der Waals surface area contributed by atoms with Crippen LogP contribution in [-0.4, -0.2) is 29.8 Å². The monoisotopic (exact) mass is 158 g/mol. The zero-order valence-corrected chi connectivity index (χ0v) is 7.29. The van der Waals surface area contributed by atoms with Gasteiger partial charge < -0.3 is 9.80 Å². The second-order valence-electron chi connectivity index (χ2n) is 3.36. The van der Waals surface area contributed by atoms with Gasteiger partial charge in [-0.3, -0.25) is 0 Å². The van der Waals surface area contributed by atoms with Gasteiger partial charge in [0.15, 0.2) is 0 Å². The van der Waals surface area contributed by atoms with Crippen LogP contribution in [0.3, 0.4) is 0 Å². The molecular formula is C8H15FN2. The summed E-state index contributed by atoms with van der Waals surface area (Å²) in [5.41, 5.74) is 0. The lowest BCUT2D eigenvalue weighted by molar-refractivity contribution is 0.0380. The average Bonchev–Trinajstić information content (AvgIpc) is 2.18. The summed E-state index contributed by atoms with van der Waals surface area (Å²) < 4.78 is 13.1. The molecule has 0 radical (unpaired) electrons. The molecule has 0 aromatic carbocycles. The summed E-state index contributed by atoms with van der Waals surface area (Å²) in [7, 11) is 1.74. The zero-order valence-electron chi connectivity index (χ0n) is 7.29. The largest absolute Gasteiger partial charge is 0.333 e. The van der Waals surface area contributed by atoms with Crippen LogP contribution in [0.4, 0.5) is 4.39 Å². The van der Waals surface area contributed by atoms with E-state index in [-0.39, 0.29) is 0 Å². The molecule has 0 fully saturated rings. The highest BCUT2D eigenvalue weighted by Crippen LogP contribution is 2.15. The fraction of sp³-hybridized carbons (Fsp3) is 0.750. The molecule has 1 unspecified atom stereocenters. The van der Waals surface area contributed by atoms with Crippen LogP contribution in [0.25, 0.3) is 0 Å². The quantitative estimate of drug-likeness (QED) is 0.563. The molecule has 1 aliphatic rings. The van der Waals surface area contributed by atoms with Gasteiger partial charge in [0.05, 0.1) is 0 Å². The van der Waals surface area contributed by atoms with E-state index in [0.717, 1.165) is 6.54 Å². The highest BCUT2D eigenvalue weighted by Gasteiger charge is 2.22. The van der Waals surface area contributed by atoms with E-state index in [2.05, 4.69) is 13.8 Å². The van der Waals surface area contributed by atoms with Crippen molar-refractivity contribution in [3.8, 4) is 0 Å². The van der Waals surface area contributed by atoms with E-state index >= 15 is 0 Å². The van der Waals surface area contributed by atoms with Crippen molar-refractivity contribution in [2.45, 2.75) is 20.3 Å². The molecule has 0 amide bonds. The van der Waals surface area contributed by atoms with E-state index in [9.17, 15) is 4.39 Å². The number of hydrogen-bond donors (Lipinski definition) is 0. The molecule has 0 aromatic rings. The molecule has 0 aromatic heterocycles. The third-order valence-corrected chi connectivity index (χ3v) is 1.68. The Kier molecular flexibility index (Phi) is 2.37. The van der Waals surface area contributed by atoms with Crippen LogP contribution < -0.4 is 0 Å².